The lowest BCUT2D eigenvalue weighted by Gasteiger charge is -2.50. The first-order chi connectivity index (χ1) is 8.89. The molecule has 2 heterocycles. The van der Waals surface area contributed by atoms with Crippen LogP contribution in [0.25, 0.3) is 0 Å². The minimum atomic E-state index is 0. The number of benzene rings is 1. The molecule has 106 valence electrons. The van der Waals surface area contributed by atoms with Crippen molar-refractivity contribution in [1.29, 1.82) is 0 Å². The third-order valence-corrected chi connectivity index (χ3v) is 4.43. The van der Waals surface area contributed by atoms with Gasteiger partial charge in [-0.3, -0.25) is 4.90 Å². The van der Waals surface area contributed by atoms with Gasteiger partial charge in [0.05, 0.1) is 0 Å². The molecule has 1 aromatic rings. The third kappa shape index (κ3) is 3.29. The minimum Gasteiger partial charge on any atom is -0.317 e. The van der Waals surface area contributed by atoms with Gasteiger partial charge in [-0.1, -0.05) is 30.3 Å². The van der Waals surface area contributed by atoms with Crippen LogP contribution in [0.1, 0.15) is 18.4 Å². The predicted molar refractivity (Wildman–Crippen MR) is 81.8 cm³/mol. The van der Waals surface area contributed by atoms with Crippen LogP contribution in [0.4, 0.5) is 0 Å². The summed E-state index contributed by atoms with van der Waals surface area (Å²) in [5.41, 5.74) is 1.83. The Kier molecular flexibility index (Phi) is 5.22. The molecule has 4 heteroatoms. The standard InChI is InChI=1S/C15H23N3.ClH/c1-2-4-14(5-3-1)12-18-11-10-17-13-15(18)6-8-16-9-7-15;/h1-5,16-17H,6-13H2;1H. The molecule has 19 heavy (non-hydrogen) atoms. The molecule has 0 unspecified atom stereocenters. The molecule has 1 spiro atoms. The average molecular weight is 282 g/mol. The summed E-state index contributed by atoms with van der Waals surface area (Å²) in [6.45, 7) is 6.88. The van der Waals surface area contributed by atoms with Crippen LogP contribution < -0.4 is 10.6 Å². The highest BCUT2D eigenvalue weighted by atomic mass is 35.5. The number of hydrogen-bond acceptors (Lipinski definition) is 3. The normalized spacial score (nSPS) is 22.9. The molecule has 0 bridgehead atoms. The van der Waals surface area contributed by atoms with Crippen LogP contribution in [-0.2, 0) is 6.54 Å². The topological polar surface area (TPSA) is 27.3 Å². The molecule has 3 rings (SSSR count). The molecule has 3 nitrogen and oxygen atoms in total. The Morgan fingerprint density at radius 3 is 2.47 bits per heavy atom. The molecule has 0 amide bonds. The number of nitrogens with zero attached hydrogens (tertiary/aromatic N) is 1. The summed E-state index contributed by atoms with van der Waals surface area (Å²) >= 11 is 0. The van der Waals surface area contributed by atoms with Crippen molar-refractivity contribution in [2.45, 2.75) is 24.9 Å². The van der Waals surface area contributed by atoms with Crippen LogP contribution >= 0.6 is 12.4 Å². The molecule has 2 saturated heterocycles. The first kappa shape index (κ1) is 14.8. The van der Waals surface area contributed by atoms with E-state index in [1.807, 2.05) is 0 Å². The van der Waals surface area contributed by atoms with E-state index in [0.717, 1.165) is 32.7 Å². The van der Waals surface area contributed by atoms with Crippen LogP contribution in [0.15, 0.2) is 30.3 Å². The van der Waals surface area contributed by atoms with Crippen molar-refractivity contribution in [1.82, 2.24) is 15.5 Å². The highest BCUT2D eigenvalue weighted by molar-refractivity contribution is 5.85. The van der Waals surface area contributed by atoms with Crippen molar-refractivity contribution in [2.24, 2.45) is 0 Å². The van der Waals surface area contributed by atoms with Crippen molar-refractivity contribution in [3.8, 4) is 0 Å². The summed E-state index contributed by atoms with van der Waals surface area (Å²) in [5, 5.41) is 7.08. The average Bonchev–Trinajstić information content (AvgIpc) is 2.44. The van der Waals surface area contributed by atoms with Gasteiger partial charge in [0.1, 0.15) is 0 Å². The van der Waals surface area contributed by atoms with Crippen LogP contribution in [-0.4, -0.2) is 43.2 Å². The van der Waals surface area contributed by atoms with Gasteiger partial charge >= 0.3 is 0 Å². The summed E-state index contributed by atoms with van der Waals surface area (Å²) in [5.74, 6) is 0. The summed E-state index contributed by atoms with van der Waals surface area (Å²) in [4.78, 5) is 2.71. The van der Waals surface area contributed by atoms with Gasteiger partial charge in [0, 0.05) is 31.7 Å². The summed E-state index contributed by atoms with van der Waals surface area (Å²) in [7, 11) is 0. The van der Waals surface area contributed by atoms with Gasteiger partial charge in [-0.05, 0) is 31.5 Å². The molecule has 2 aliphatic heterocycles. The molecular formula is C15H24ClN3. The molecule has 2 N–H and O–H groups in total. The fraction of sp³-hybridized carbons (Fsp3) is 0.600. The first-order valence-electron chi connectivity index (χ1n) is 7.10. The van der Waals surface area contributed by atoms with Crippen molar-refractivity contribution >= 4 is 12.4 Å². The van der Waals surface area contributed by atoms with E-state index in [1.54, 1.807) is 0 Å². The van der Waals surface area contributed by atoms with Crippen molar-refractivity contribution in [2.75, 3.05) is 32.7 Å². The van der Waals surface area contributed by atoms with Crippen molar-refractivity contribution < 1.29 is 0 Å². The molecule has 1 aromatic carbocycles. The third-order valence-electron chi connectivity index (χ3n) is 4.43. The molecular weight excluding hydrogens is 258 g/mol. The smallest absolute Gasteiger partial charge is 0.0362 e. The molecule has 0 atom stereocenters. The van der Waals surface area contributed by atoms with Crippen LogP contribution in [0.3, 0.4) is 0 Å². The number of hydrogen-bond donors (Lipinski definition) is 2. The first-order valence-corrected chi connectivity index (χ1v) is 7.10. The second-order valence-corrected chi connectivity index (χ2v) is 5.56. The summed E-state index contributed by atoms with van der Waals surface area (Å²) in [6.07, 6.45) is 2.54. The molecule has 2 fully saturated rings. The van der Waals surface area contributed by atoms with E-state index in [0.29, 0.717) is 5.54 Å². The van der Waals surface area contributed by atoms with E-state index < -0.39 is 0 Å². The predicted octanol–water partition coefficient (Wildman–Crippen LogP) is 1.64. The van der Waals surface area contributed by atoms with Crippen molar-refractivity contribution in [3.05, 3.63) is 35.9 Å². The Bertz CT molecular complexity index is 368. The zero-order valence-electron chi connectivity index (χ0n) is 11.4. The Labute approximate surface area is 122 Å². The van der Waals surface area contributed by atoms with Gasteiger partial charge < -0.3 is 10.6 Å². The monoisotopic (exact) mass is 281 g/mol. The van der Waals surface area contributed by atoms with Crippen LogP contribution in [0.2, 0.25) is 0 Å². The van der Waals surface area contributed by atoms with Gasteiger partial charge in [0.2, 0.25) is 0 Å². The van der Waals surface area contributed by atoms with Gasteiger partial charge in [-0.15, -0.1) is 12.4 Å². The lowest BCUT2D eigenvalue weighted by atomic mass is 9.84. The van der Waals surface area contributed by atoms with E-state index in [1.165, 1.54) is 24.9 Å². The Balaban J connectivity index is 0.00000133. The van der Waals surface area contributed by atoms with Gasteiger partial charge in [0.15, 0.2) is 0 Å². The largest absolute Gasteiger partial charge is 0.317 e. The van der Waals surface area contributed by atoms with Crippen molar-refractivity contribution in [3.63, 3.8) is 0 Å². The fourth-order valence-corrected chi connectivity index (χ4v) is 3.32. The van der Waals surface area contributed by atoms with Crippen LogP contribution in [0.5, 0.6) is 0 Å². The zero-order valence-corrected chi connectivity index (χ0v) is 12.2. The summed E-state index contributed by atoms with van der Waals surface area (Å²) in [6, 6.07) is 10.9. The Morgan fingerprint density at radius 2 is 1.74 bits per heavy atom. The van der Waals surface area contributed by atoms with E-state index in [4.69, 9.17) is 0 Å². The summed E-state index contributed by atoms with van der Waals surface area (Å²) < 4.78 is 0. The maximum atomic E-state index is 3.59. The van der Waals surface area contributed by atoms with E-state index in [-0.39, 0.29) is 12.4 Å². The molecule has 0 aliphatic carbocycles. The van der Waals surface area contributed by atoms with E-state index in [2.05, 4.69) is 45.9 Å². The number of piperazine rings is 1. The highest BCUT2D eigenvalue weighted by Crippen LogP contribution is 2.29. The Hall–Kier alpha value is -0.610. The second-order valence-electron chi connectivity index (χ2n) is 5.56. The number of halogens is 1. The molecule has 0 saturated carbocycles. The molecule has 0 radical (unpaired) electrons. The maximum absolute atomic E-state index is 3.59. The molecule has 2 aliphatic rings. The van der Waals surface area contributed by atoms with Gasteiger partial charge in [0.25, 0.3) is 0 Å². The lowest BCUT2D eigenvalue weighted by Crippen LogP contribution is -2.64. The quantitative estimate of drug-likeness (QED) is 0.863. The van der Waals surface area contributed by atoms with E-state index in [9.17, 15) is 0 Å². The minimum absolute atomic E-state index is 0. The fourth-order valence-electron chi connectivity index (χ4n) is 3.32. The Morgan fingerprint density at radius 1 is 1.00 bits per heavy atom. The number of rotatable bonds is 2. The lowest BCUT2D eigenvalue weighted by molar-refractivity contribution is 0.0263. The van der Waals surface area contributed by atoms with E-state index >= 15 is 0 Å². The molecule has 0 aromatic heterocycles. The van der Waals surface area contributed by atoms with Gasteiger partial charge in [-0.2, -0.15) is 0 Å². The second kappa shape index (κ2) is 6.71. The SMILES string of the molecule is Cl.c1ccc(CN2CCNCC23CCNCC3)cc1. The number of piperidine rings is 1. The number of nitrogens with one attached hydrogen (secondary N) is 2. The highest BCUT2D eigenvalue weighted by Gasteiger charge is 2.39. The van der Waals surface area contributed by atoms with Crippen LogP contribution in [0, 0.1) is 0 Å². The maximum Gasteiger partial charge on any atom is 0.0362 e. The zero-order chi connectivity index (χ0) is 12.3. The van der Waals surface area contributed by atoms with Gasteiger partial charge in [-0.25, -0.2) is 0 Å².